The minimum atomic E-state index is -0.119. The number of benzene rings is 2. The van der Waals surface area contributed by atoms with E-state index in [4.69, 9.17) is 4.74 Å². The first kappa shape index (κ1) is 17.4. The zero-order valence-corrected chi connectivity index (χ0v) is 15.4. The van der Waals surface area contributed by atoms with E-state index in [0.717, 1.165) is 22.4 Å². The van der Waals surface area contributed by atoms with Gasteiger partial charge in [-0.25, -0.2) is 0 Å². The average molecular weight is 363 g/mol. The van der Waals surface area contributed by atoms with E-state index in [9.17, 15) is 4.79 Å². The summed E-state index contributed by atoms with van der Waals surface area (Å²) in [5.74, 6) is -0.0344. The molecule has 1 aliphatic heterocycles. The molecule has 1 atom stereocenters. The first-order valence-electron chi connectivity index (χ1n) is 8.94. The van der Waals surface area contributed by atoms with Crippen molar-refractivity contribution in [1.82, 2.24) is 25.1 Å². The van der Waals surface area contributed by atoms with Crippen molar-refractivity contribution in [3.8, 4) is 5.69 Å². The van der Waals surface area contributed by atoms with Gasteiger partial charge in [-0.05, 0) is 47.0 Å². The lowest BCUT2D eigenvalue weighted by Gasteiger charge is -2.33. The first-order chi connectivity index (χ1) is 13.1. The molecule has 7 heteroatoms. The van der Waals surface area contributed by atoms with E-state index in [1.807, 2.05) is 61.2 Å². The number of aryl methyl sites for hydroxylation is 1. The molecule has 138 valence electrons. The third-order valence-corrected chi connectivity index (χ3v) is 5.04. The highest BCUT2D eigenvalue weighted by molar-refractivity contribution is 5.98. The quantitative estimate of drug-likeness (QED) is 0.715. The van der Waals surface area contributed by atoms with E-state index in [2.05, 4.69) is 15.5 Å². The normalized spacial score (nSPS) is 17.1. The van der Waals surface area contributed by atoms with Crippen molar-refractivity contribution in [2.45, 2.75) is 20.0 Å². The third-order valence-electron chi connectivity index (χ3n) is 5.04. The van der Waals surface area contributed by atoms with Crippen LogP contribution < -0.4 is 0 Å². The van der Waals surface area contributed by atoms with Crippen LogP contribution in [0.5, 0.6) is 0 Å². The maximum absolute atomic E-state index is 13.3. The van der Waals surface area contributed by atoms with Crippen molar-refractivity contribution in [1.29, 1.82) is 0 Å². The molecule has 0 aliphatic carbocycles. The standard InChI is InChI=1S/C20H21N5O2/c1-14-8-9-17(19(15(14)2)25-13-21-22-23-25)20(26)24-10-11-27-18(12-24)16-6-4-3-5-7-16/h3-9,13,18H,10-12H2,1-2H3/t18-/m0/s1. The second-order valence-electron chi connectivity index (χ2n) is 6.68. The third kappa shape index (κ3) is 3.33. The van der Waals surface area contributed by atoms with E-state index in [1.165, 1.54) is 6.33 Å². The zero-order chi connectivity index (χ0) is 18.8. The zero-order valence-electron chi connectivity index (χ0n) is 15.4. The fraction of sp³-hybridized carbons (Fsp3) is 0.300. The van der Waals surface area contributed by atoms with Gasteiger partial charge in [-0.3, -0.25) is 4.79 Å². The summed E-state index contributed by atoms with van der Waals surface area (Å²) >= 11 is 0. The summed E-state index contributed by atoms with van der Waals surface area (Å²) in [6.45, 7) is 5.58. The number of carbonyl (C=O) groups is 1. The largest absolute Gasteiger partial charge is 0.370 e. The molecule has 0 radical (unpaired) electrons. The second-order valence-corrected chi connectivity index (χ2v) is 6.68. The van der Waals surface area contributed by atoms with Gasteiger partial charge in [-0.15, -0.1) is 5.10 Å². The Morgan fingerprint density at radius 1 is 1.15 bits per heavy atom. The molecule has 1 fully saturated rings. The molecule has 0 N–H and O–H groups in total. The fourth-order valence-corrected chi connectivity index (χ4v) is 3.41. The van der Waals surface area contributed by atoms with Gasteiger partial charge in [-0.1, -0.05) is 36.4 Å². The monoisotopic (exact) mass is 363 g/mol. The Morgan fingerprint density at radius 2 is 1.96 bits per heavy atom. The number of amides is 1. The SMILES string of the molecule is Cc1ccc(C(=O)N2CCO[C@H](c3ccccc3)C2)c(-n2cnnn2)c1C. The molecule has 1 saturated heterocycles. The maximum atomic E-state index is 13.3. The number of ether oxygens (including phenoxy) is 1. The molecular weight excluding hydrogens is 342 g/mol. The Balaban J connectivity index is 1.66. The number of tetrazole rings is 1. The van der Waals surface area contributed by atoms with E-state index >= 15 is 0 Å². The van der Waals surface area contributed by atoms with Gasteiger partial charge in [0.05, 0.1) is 24.4 Å². The number of nitrogens with zero attached hydrogens (tertiary/aromatic N) is 5. The van der Waals surface area contributed by atoms with Crippen LogP contribution in [0.3, 0.4) is 0 Å². The predicted octanol–water partition coefficient (Wildman–Crippen LogP) is 2.49. The number of hydrogen-bond donors (Lipinski definition) is 0. The molecule has 2 heterocycles. The Kier molecular flexibility index (Phi) is 4.68. The molecule has 0 bridgehead atoms. The van der Waals surface area contributed by atoms with Crippen molar-refractivity contribution in [3.63, 3.8) is 0 Å². The molecule has 1 aliphatic rings. The Morgan fingerprint density at radius 3 is 2.70 bits per heavy atom. The van der Waals surface area contributed by atoms with Crippen LogP contribution in [-0.2, 0) is 4.74 Å². The van der Waals surface area contributed by atoms with Crippen LogP contribution in [0.2, 0.25) is 0 Å². The molecule has 3 aromatic rings. The van der Waals surface area contributed by atoms with Gasteiger partial charge in [0.15, 0.2) is 0 Å². The second kappa shape index (κ2) is 7.28. The minimum Gasteiger partial charge on any atom is -0.370 e. The molecule has 0 unspecified atom stereocenters. The van der Waals surface area contributed by atoms with Crippen molar-refractivity contribution >= 4 is 5.91 Å². The van der Waals surface area contributed by atoms with Gasteiger partial charge in [-0.2, -0.15) is 4.68 Å². The lowest BCUT2D eigenvalue weighted by Crippen LogP contribution is -2.42. The van der Waals surface area contributed by atoms with Crippen LogP contribution in [0.1, 0.15) is 33.2 Å². The Labute approximate surface area is 157 Å². The highest BCUT2D eigenvalue weighted by atomic mass is 16.5. The molecule has 7 nitrogen and oxygen atoms in total. The van der Waals surface area contributed by atoms with E-state index in [1.54, 1.807) is 4.68 Å². The molecule has 0 spiro atoms. The van der Waals surface area contributed by atoms with Gasteiger partial charge in [0.1, 0.15) is 12.4 Å². The number of rotatable bonds is 3. The van der Waals surface area contributed by atoms with Crippen LogP contribution in [-0.4, -0.2) is 50.7 Å². The van der Waals surface area contributed by atoms with Crippen LogP contribution in [0, 0.1) is 13.8 Å². The van der Waals surface area contributed by atoms with E-state index in [-0.39, 0.29) is 12.0 Å². The Bertz CT molecular complexity index is 941. The van der Waals surface area contributed by atoms with Crippen molar-refractivity contribution in [3.05, 3.63) is 71.0 Å². The molecule has 4 rings (SSSR count). The van der Waals surface area contributed by atoms with Crippen LogP contribution in [0.25, 0.3) is 5.69 Å². The van der Waals surface area contributed by atoms with Gasteiger partial charge >= 0.3 is 0 Å². The lowest BCUT2D eigenvalue weighted by molar-refractivity contribution is -0.0228. The molecule has 0 saturated carbocycles. The van der Waals surface area contributed by atoms with E-state index in [0.29, 0.717) is 25.3 Å². The molecular formula is C20H21N5O2. The Hall–Kier alpha value is -3.06. The summed E-state index contributed by atoms with van der Waals surface area (Å²) in [5, 5.41) is 11.4. The first-order valence-corrected chi connectivity index (χ1v) is 8.94. The van der Waals surface area contributed by atoms with Crippen molar-refractivity contribution in [2.75, 3.05) is 19.7 Å². The smallest absolute Gasteiger partial charge is 0.256 e. The number of morpholine rings is 1. The summed E-state index contributed by atoms with van der Waals surface area (Å²) in [6, 6.07) is 13.8. The molecule has 1 aromatic heterocycles. The molecule has 2 aromatic carbocycles. The van der Waals surface area contributed by atoms with Crippen molar-refractivity contribution in [2.24, 2.45) is 0 Å². The summed E-state index contributed by atoms with van der Waals surface area (Å²) in [7, 11) is 0. The van der Waals surface area contributed by atoms with E-state index < -0.39 is 0 Å². The molecule has 27 heavy (non-hydrogen) atoms. The summed E-state index contributed by atoms with van der Waals surface area (Å²) in [6.07, 6.45) is 1.40. The molecule has 1 amide bonds. The van der Waals surface area contributed by atoms with Crippen molar-refractivity contribution < 1.29 is 9.53 Å². The van der Waals surface area contributed by atoms with Crippen LogP contribution in [0.15, 0.2) is 48.8 Å². The number of aromatic nitrogens is 4. The summed E-state index contributed by atoms with van der Waals surface area (Å²) in [4.78, 5) is 15.2. The summed E-state index contributed by atoms with van der Waals surface area (Å²) < 4.78 is 7.45. The average Bonchev–Trinajstić information content (AvgIpc) is 3.24. The highest BCUT2D eigenvalue weighted by Crippen LogP contribution is 2.26. The predicted molar refractivity (Wildman–Crippen MR) is 99.7 cm³/mol. The van der Waals surface area contributed by atoms with Gasteiger partial charge in [0, 0.05) is 6.54 Å². The minimum absolute atomic E-state index is 0.0344. The topological polar surface area (TPSA) is 73.1 Å². The van der Waals surface area contributed by atoms with Gasteiger partial charge in [0.25, 0.3) is 5.91 Å². The van der Waals surface area contributed by atoms with Gasteiger partial charge < -0.3 is 9.64 Å². The maximum Gasteiger partial charge on any atom is 0.256 e. The fourth-order valence-electron chi connectivity index (χ4n) is 3.41. The highest BCUT2D eigenvalue weighted by Gasteiger charge is 2.28. The number of carbonyl (C=O) groups excluding carboxylic acids is 1. The van der Waals surface area contributed by atoms with Crippen LogP contribution in [0.4, 0.5) is 0 Å². The lowest BCUT2D eigenvalue weighted by atomic mass is 10.0. The van der Waals surface area contributed by atoms with Gasteiger partial charge in [0.2, 0.25) is 0 Å². The summed E-state index contributed by atoms with van der Waals surface area (Å²) in [5.41, 5.74) is 4.48. The van der Waals surface area contributed by atoms with Crippen LogP contribution >= 0.6 is 0 Å². The number of hydrogen-bond acceptors (Lipinski definition) is 5.